The molecule has 0 fully saturated rings. The number of aryl methyl sites for hydroxylation is 1. The molecule has 0 aliphatic heterocycles. The second-order valence-corrected chi connectivity index (χ2v) is 8.63. The lowest BCUT2D eigenvalue weighted by molar-refractivity contribution is -0.116. The molecular weight excluding hydrogens is 412 g/mol. The Kier molecular flexibility index (Phi) is 6.42. The Hall–Kier alpha value is -2.61. The zero-order chi connectivity index (χ0) is 21.0. The summed E-state index contributed by atoms with van der Waals surface area (Å²) in [7, 11) is -2.27. The fourth-order valence-electron chi connectivity index (χ4n) is 2.97. The number of hydrogen-bond donors (Lipinski definition) is 2. The maximum absolute atomic E-state index is 12.8. The number of fused-ring (bicyclic) bond motifs is 1. The first-order valence-electron chi connectivity index (χ1n) is 8.93. The maximum atomic E-state index is 12.8. The van der Waals surface area contributed by atoms with Gasteiger partial charge in [-0.2, -0.15) is 0 Å². The van der Waals surface area contributed by atoms with Crippen LogP contribution in [-0.2, 0) is 14.8 Å². The van der Waals surface area contributed by atoms with Gasteiger partial charge in [0.1, 0.15) is 5.75 Å². The van der Waals surface area contributed by atoms with E-state index < -0.39 is 10.0 Å². The van der Waals surface area contributed by atoms with Gasteiger partial charge in [-0.1, -0.05) is 41.9 Å². The first-order chi connectivity index (χ1) is 13.8. The quantitative estimate of drug-likeness (QED) is 0.588. The van der Waals surface area contributed by atoms with Gasteiger partial charge in [-0.25, -0.2) is 13.1 Å². The number of benzene rings is 3. The van der Waals surface area contributed by atoms with Gasteiger partial charge in [-0.3, -0.25) is 4.79 Å². The number of anilines is 1. The van der Waals surface area contributed by atoms with Gasteiger partial charge in [0, 0.05) is 23.7 Å². The molecule has 0 radical (unpaired) electrons. The number of carbonyl (C=O) groups excluding carboxylic acids is 1. The fraction of sp³-hybridized carbons (Fsp3) is 0.190. The predicted octanol–water partition coefficient (Wildman–Crippen LogP) is 4.12. The van der Waals surface area contributed by atoms with Crippen LogP contribution in [-0.4, -0.2) is 28.0 Å². The average molecular weight is 433 g/mol. The van der Waals surface area contributed by atoms with Crippen LogP contribution in [0.25, 0.3) is 10.8 Å². The van der Waals surface area contributed by atoms with Crippen LogP contribution in [0.3, 0.4) is 0 Å². The van der Waals surface area contributed by atoms with E-state index in [1.807, 2.05) is 19.1 Å². The van der Waals surface area contributed by atoms with E-state index in [1.165, 1.54) is 13.2 Å². The van der Waals surface area contributed by atoms with Crippen LogP contribution in [0, 0.1) is 6.92 Å². The van der Waals surface area contributed by atoms with Crippen molar-refractivity contribution < 1.29 is 17.9 Å². The second kappa shape index (κ2) is 8.82. The molecule has 29 heavy (non-hydrogen) atoms. The highest BCUT2D eigenvalue weighted by molar-refractivity contribution is 7.89. The Bertz CT molecular complexity index is 1160. The Labute approximate surface area is 174 Å². The van der Waals surface area contributed by atoms with Gasteiger partial charge >= 0.3 is 0 Å². The molecule has 0 aliphatic carbocycles. The van der Waals surface area contributed by atoms with Gasteiger partial charge in [-0.15, -0.1) is 0 Å². The lowest BCUT2D eigenvalue weighted by Gasteiger charge is -2.12. The fourth-order valence-corrected chi connectivity index (χ4v) is 4.49. The van der Waals surface area contributed by atoms with Gasteiger partial charge in [0.05, 0.1) is 22.7 Å². The minimum Gasteiger partial charge on any atom is -0.496 e. The van der Waals surface area contributed by atoms with Crippen molar-refractivity contribution in [2.75, 3.05) is 19.0 Å². The third-order valence-electron chi connectivity index (χ3n) is 4.40. The number of nitrogens with one attached hydrogen (secondary N) is 2. The van der Waals surface area contributed by atoms with Gasteiger partial charge in [0.15, 0.2) is 0 Å². The van der Waals surface area contributed by atoms with Crippen molar-refractivity contribution in [1.82, 2.24) is 4.72 Å². The molecule has 1 amide bonds. The van der Waals surface area contributed by atoms with E-state index >= 15 is 0 Å². The van der Waals surface area contributed by atoms with Crippen molar-refractivity contribution in [3.63, 3.8) is 0 Å². The minimum absolute atomic E-state index is 0.0302. The average Bonchev–Trinajstić information content (AvgIpc) is 2.69. The second-order valence-electron chi connectivity index (χ2n) is 6.49. The maximum Gasteiger partial charge on any atom is 0.241 e. The molecule has 3 rings (SSSR count). The lowest BCUT2D eigenvalue weighted by Crippen LogP contribution is -2.28. The summed E-state index contributed by atoms with van der Waals surface area (Å²) >= 11 is 6.10. The number of sulfonamides is 1. The first-order valence-corrected chi connectivity index (χ1v) is 10.8. The molecule has 0 saturated carbocycles. The van der Waals surface area contributed by atoms with E-state index in [0.29, 0.717) is 27.2 Å². The van der Waals surface area contributed by atoms with Gasteiger partial charge < -0.3 is 10.1 Å². The summed E-state index contributed by atoms with van der Waals surface area (Å²) in [6, 6.07) is 15.5. The summed E-state index contributed by atoms with van der Waals surface area (Å²) in [5, 5.41) is 4.37. The van der Waals surface area contributed by atoms with Gasteiger partial charge in [-0.05, 0) is 36.8 Å². The molecule has 6 nitrogen and oxygen atoms in total. The van der Waals surface area contributed by atoms with Crippen molar-refractivity contribution in [2.24, 2.45) is 0 Å². The molecule has 0 saturated heterocycles. The molecule has 0 bridgehead atoms. The van der Waals surface area contributed by atoms with Crippen LogP contribution in [0.15, 0.2) is 59.5 Å². The van der Waals surface area contributed by atoms with Crippen LogP contribution in [0.4, 0.5) is 5.69 Å². The Morgan fingerprint density at radius 2 is 1.79 bits per heavy atom. The summed E-state index contributed by atoms with van der Waals surface area (Å²) in [4.78, 5) is 12.3. The summed E-state index contributed by atoms with van der Waals surface area (Å²) in [6.07, 6.45) is -0.0302. The molecule has 0 atom stereocenters. The van der Waals surface area contributed by atoms with Gasteiger partial charge in [0.25, 0.3) is 0 Å². The molecule has 0 unspecified atom stereocenters. The van der Waals surface area contributed by atoms with Crippen molar-refractivity contribution in [3.05, 3.63) is 65.2 Å². The Balaban J connectivity index is 1.69. The molecule has 0 aromatic heterocycles. The molecule has 152 valence electrons. The van der Waals surface area contributed by atoms with Gasteiger partial charge in [0.2, 0.25) is 15.9 Å². The van der Waals surface area contributed by atoms with Crippen LogP contribution in [0.5, 0.6) is 5.75 Å². The van der Waals surface area contributed by atoms with E-state index in [0.717, 1.165) is 5.56 Å². The molecule has 3 aromatic carbocycles. The highest BCUT2D eigenvalue weighted by Gasteiger charge is 2.19. The Morgan fingerprint density at radius 3 is 2.48 bits per heavy atom. The molecular formula is C21H21ClN2O4S. The van der Waals surface area contributed by atoms with Crippen LogP contribution in [0.1, 0.15) is 12.0 Å². The summed E-state index contributed by atoms with van der Waals surface area (Å²) in [5.74, 6) is 0.256. The van der Waals surface area contributed by atoms with Crippen LogP contribution in [0.2, 0.25) is 5.02 Å². The molecule has 0 aliphatic rings. The molecule has 2 N–H and O–H groups in total. The lowest BCUT2D eigenvalue weighted by atomic mass is 10.1. The molecule has 3 aromatic rings. The predicted molar refractivity (Wildman–Crippen MR) is 115 cm³/mol. The topological polar surface area (TPSA) is 84.5 Å². The number of ether oxygens (including phenoxy) is 1. The summed E-state index contributed by atoms with van der Waals surface area (Å²) < 4.78 is 33.3. The smallest absolute Gasteiger partial charge is 0.241 e. The Morgan fingerprint density at radius 1 is 1.07 bits per heavy atom. The van der Waals surface area contributed by atoms with Crippen molar-refractivity contribution in [1.29, 1.82) is 0 Å². The number of carbonyl (C=O) groups is 1. The third kappa shape index (κ3) is 4.87. The van der Waals surface area contributed by atoms with Crippen LogP contribution < -0.4 is 14.8 Å². The molecule has 0 spiro atoms. The standard InChI is InChI=1S/C21H21ClN2O4S/c1-14-7-8-18(17(22)13-14)24-21(25)11-12-23-29(26,27)20-10-9-19(28-2)15-5-3-4-6-16(15)20/h3-10,13,23H,11-12H2,1-2H3,(H,24,25). The number of halogens is 1. The van der Waals surface area contributed by atoms with E-state index in [-0.39, 0.29) is 23.8 Å². The number of hydrogen-bond acceptors (Lipinski definition) is 4. The zero-order valence-electron chi connectivity index (χ0n) is 16.0. The van der Waals surface area contributed by atoms with E-state index in [1.54, 1.807) is 36.4 Å². The minimum atomic E-state index is -3.81. The number of amides is 1. The van der Waals surface area contributed by atoms with Crippen molar-refractivity contribution in [3.8, 4) is 5.75 Å². The molecule has 8 heteroatoms. The highest BCUT2D eigenvalue weighted by atomic mass is 35.5. The highest BCUT2D eigenvalue weighted by Crippen LogP contribution is 2.30. The SMILES string of the molecule is COc1ccc(S(=O)(=O)NCCC(=O)Nc2ccc(C)cc2Cl)c2ccccc12. The van der Waals surface area contributed by atoms with Crippen molar-refractivity contribution >= 4 is 44.0 Å². The third-order valence-corrected chi connectivity index (χ3v) is 6.23. The summed E-state index contributed by atoms with van der Waals surface area (Å²) in [6.45, 7) is 1.85. The zero-order valence-corrected chi connectivity index (χ0v) is 17.6. The van der Waals surface area contributed by atoms with Crippen molar-refractivity contribution in [2.45, 2.75) is 18.2 Å². The largest absolute Gasteiger partial charge is 0.496 e. The number of rotatable bonds is 7. The van der Waals surface area contributed by atoms with E-state index in [4.69, 9.17) is 16.3 Å². The summed E-state index contributed by atoms with van der Waals surface area (Å²) in [5.41, 5.74) is 1.47. The van der Waals surface area contributed by atoms with Crippen LogP contribution >= 0.6 is 11.6 Å². The monoisotopic (exact) mass is 432 g/mol. The number of methoxy groups -OCH3 is 1. The van der Waals surface area contributed by atoms with E-state index in [9.17, 15) is 13.2 Å². The molecule has 0 heterocycles. The van der Waals surface area contributed by atoms with E-state index in [2.05, 4.69) is 10.0 Å². The first kappa shape index (κ1) is 21.1. The normalized spacial score (nSPS) is 11.4.